The summed E-state index contributed by atoms with van der Waals surface area (Å²) in [5, 5.41) is 16.7. The Bertz CT molecular complexity index is 1350. The summed E-state index contributed by atoms with van der Waals surface area (Å²) < 4.78 is 5.43. The topological polar surface area (TPSA) is 141 Å². The van der Waals surface area contributed by atoms with Gasteiger partial charge in [0.2, 0.25) is 11.8 Å². The zero-order valence-electron chi connectivity index (χ0n) is 21.8. The summed E-state index contributed by atoms with van der Waals surface area (Å²) in [7, 11) is 1.53. The predicted molar refractivity (Wildman–Crippen MR) is 142 cm³/mol. The Morgan fingerprint density at radius 3 is 2.74 bits per heavy atom. The molecule has 3 amide bonds. The molecule has 2 saturated carbocycles. The van der Waals surface area contributed by atoms with Crippen LogP contribution in [0.4, 0.5) is 0 Å². The highest BCUT2D eigenvalue weighted by molar-refractivity contribution is 6.31. The number of hydrogen-bond donors (Lipinski definition) is 4. The van der Waals surface area contributed by atoms with E-state index in [1.165, 1.54) is 7.11 Å². The number of rotatable bonds is 8. The molecule has 2 saturated heterocycles. The minimum absolute atomic E-state index is 0.0169. The Hall–Kier alpha value is -3.11. The van der Waals surface area contributed by atoms with Crippen molar-refractivity contribution in [3.8, 4) is 5.75 Å². The summed E-state index contributed by atoms with van der Waals surface area (Å²) in [6.45, 7) is -0.287. The first-order valence-corrected chi connectivity index (χ1v) is 14.0. The third kappa shape index (κ3) is 4.67. The molecule has 6 rings (SSSR count). The number of aliphatic hydroxyl groups is 1. The minimum Gasteiger partial charge on any atom is -0.496 e. The number of likely N-dealkylation sites (tertiary alicyclic amines) is 1. The Morgan fingerprint density at radius 2 is 2.05 bits per heavy atom. The number of H-pyrrole nitrogens is 1. The molecular formula is C28H33ClN4O6. The Labute approximate surface area is 230 Å². The lowest BCUT2D eigenvalue weighted by atomic mass is 9.91. The average Bonchev–Trinajstić information content (AvgIpc) is 3.28. The van der Waals surface area contributed by atoms with Gasteiger partial charge in [-0.3, -0.25) is 19.2 Å². The van der Waals surface area contributed by atoms with E-state index in [1.54, 1.807) is 23.1 Å². The number of Topliss-reactive ketones (excluding diaryl/α,β-unsaturated/α-hetero) is 1. The first-order valence-electron chi connectivity index (χ1n) is 13.6. The molecule has 2 aromatic rings. The van der Waals surface area contributed by atoms with Crippen molar-refractivity contribution < 1.29 is 29.0 Å². The van der Waals surface area contributed by atoms with Crippen LogP contribution in [0.3, 0.4) is 0 Å². The van der Waals surface area contributed by atoms with Crippen molar-refractivity contribution in [3.05, 3.63) is 28.9 Å². The molecule has 10 nitrogen and oxygen atoms in total. The molecule has 1 aromatic heterocycles. The number of aromatic amines is 1. The SMILES string of the molecule is COc1cc(Cl)cc2[nH]c(C(=O)N3CC4CCCC4C3C(=O)NC(CC3CC4(CC4)NC3=O)C(=O)CO)cc12. The number of halogens is 1. The molecule has 5 unspecified atom stereocenters. The van der Waals surface area contributed by atoms with Crippen molar-refractivity contribution in [2.75, 3.05) is 20.3 Å². The van der Waals surface area contributed by atoms with Gasteiger partial charge in [0.05, 0.1) is 18.7 Å². The van der Waals surface area contributed by atoms with Crippen LogP contribution in [0.5, 0.6) is 5.75 Å². The molecule has 4 N–H and O–H groups in total. The maximum atomic E-state index is 13.8. The summed E-state index contributed by atoms with van der Waals surface area (Å²) in [4.78, 5) is 57.5. The van der Waals surface area contributed by atoms with E-state index in [0.717, 1.165) is 32.1 Å². The maximum Gasteiger partial charge on any atom is 0.271 e. The molecule has 208 valence electrons. The highest BCUT2D eigenvalue weighted by atomic mass is 35.5. The molecule has 3 heterocycles. The number of aromatic nitrogens is 1. The molecule has 0 radical (unpaired) electrons. The first-order chi connectivity index (χ1) is 18.7. The van der Waals surface area contributed by atoms with Gasteiger partial charge in [-0.1, -0.05) is 18.0 Å². The van der Waals surface area contributed by atoms with Gasteiger partial charge < -0.3 is 30.4 Å². The van der Waals surface area contributed by atoms with E-state index in [1.807, 2.05) is 0 Å². The van der Waals surface area contributed by atoms with Gasteiger partial charge in [-0.15, -0.1) is 0 Å². The highest BCUT2D eigenvalue weighted by Gasteiger charge is 2.53. The van der Waals surface area contributed by atoms with E-state index >= 15 is 0 Å². The molecule has 0 bridgehead atoms. The fourth-order valence-corrected chi connectivity index (χ4v) is 7.24. The summed E-state index contributed by atoms with van der Waals surface area (Å²) in [6, 6.07) is 3.36. The van der Waals surface area contributed by atoms with E-state index in [2.05, 4.69) is 15.6 Å². The number of carbonyl (C=O) groups excluding carboxylic acids is 4. The number of methoxy groups -OCH3 is 1. The van der Waals surface area contributed by atoms with Crippen LogP contribution in [0.2, 0.25) is 5.02 Å². The molecule has 1 aromatic carbocycles. The van der Waals surface area contributed by atoms with Crippen LogP contribution in [0.1, 0.15) is 55.4 Å². The zero-order valence-corrected chi connectivity index (χ0v) is 22.6. The van der Waals surface area contributed by atoms with Crippen molar-refractivity contribution in [1.29, 1.82) is 0 Å². The van der Waals surface area contributed by atoms with Crippen molar-refractivity contribution >= 4 is 46.0 Å². The van der Waals surface area contributed by atoms with Crippen LogP contribution >= 0.6 is 11.6 Å². The van der Waals surface area contributed by atoms with Gasteiger partial charge >= 0.3 is 0 Å². The van der Waals surface area contributed by atoms with Crippen molar-refractivity contribution in [2.45, 2.75) is 62.6 Å². The van der Waals surface area contributed by atoms with Crippen LogP contribution in [0.25, 0.3) is 10.9 Å². The molecule has 39 heavy (non-hydrogen) atoms. The molecule has 4 fully saturated rings. The first kappa shape index (κ1) is 26.1. The number of ketones is 1. The second-order valence-electron chi connectivity index (χ2n) is 11.6. The van der Waals surface area contributed by atoms with Crippen LogP contribution in [-0.2, 0) is 14.4 Å². The number of nitrogens with zero attached hydrogens (tertiary/aromatic N) is 1. The van der Waals surface area contributed by atoms with E-state index in [-0.39, 0.29) is 35.6 Å². The van der Waals surface area contributed by atoms with Gasteiger partial charge in [-0.2, -0.15) is 0 Å². The van der Waals surface area contributed by atoms with Gasteiger partial charge in [-0.25, -0.2) is 0 Å². The van der Waals surface area contributed by atoms with Crippen LogP contribution in [0.15, 0.2) is 18.2 Å². The summed E-state index contributed by atoms with van der Waals surface area (Å²) in [6.07, 6.45) is 5.33. The third-order valence-electron chi connectivity index (χ3n) is 9.17. The fraction of sp³-hybridized carbons (Fsp3) is 0.571. The average molecular weight is 557 g/mol. The summed E-state index contributed by atoms with van der Waals surface area (Å²) in [5.41, 5.74) is 0.820. The van der Waals surface area contributed by atoms with Gasteiger partial charge in [0.1, 0.15) is 24.1 Å². The number of hydrogen-bond acceptors (Lipinski definition) is 6. The number of nitrogens with one attached hydrogen (secondary N) is 3. The quantitative estimate of drug-likeness (QED) is 0.393. The lowest BCUT2D eigenvalue weighted by Gasteiger charge is -2.29. The number of aliphatic hydroxyl groups excluding tert-OH is 1. The minimum atomic E-state index is -0.996. The van der Waals surface area contributed by atoms with Gasteiger partial charge in [-0.05, 0) is 68.6 Å². The van der Waals surface area contributed by atoms with E-state index in [4.69, 9.17) is 16.3 Å². The lowest BCUT2D eigenvalue weighted by molar-refractivity contribution is -0.133. The van der Waals surface area contributed by atoms with Crippen LogP contribution in [0, 0.1) is 17.8 Å². The maximum absolute atomic E-state index is 13.8. The molecule has 1 spiro atoms. The standard InChI is InChI=1S/C28H33ClN4O6/c1-39-23-9-16(29)8-19-18(23)10-21(30-19)27(38)33-12-14-3-2-4-17(14)24(33)26(37)31-20(22(35)13-34)7-15-11-28(5-6-28)32-25(15)36/h8-10,14-15,17,20,24,30,34H,2-7,11-13H2,1H3,(H,31,37)(H,32,36). The largest absolute Gasteiger partial charge is 0.496 e. The number of ether oxygens (including phenoxy) is 1. The monoisotopic (exact) mass is 556 g/mol. The second-order valence-corrected chi connectivity index (χ2v) is 12.0. The predicted octanol–water partition coefficient (Wildman–Crippen LogP) is 2.18. The summed E-state index contributed by atoms with van der Waals surface area (Å²) >= 11 is 6.20. The Morgan fingerprint density at radius 1 is 1.26 bits per heavy atom. The van der Waals surface area contributed by atoms with Gasteiger partial charge in [0.15, 0.2) is 5.78 Å². The number of benzene rings is 1. The smallest absolute Gasteiger partial charge is 0.271 e. The van der Waals surface area contributed by atoms with Crippen LogP contribution in [-0.4, -0.2) is 76.4 Å². The van der Waals surface area contributed by atoms with E-state index in [9.17, 15) is 24.3 Å². The van der Waals surface area contributed by atoms with Gasteiger partial charge in [0, 0.05) is 28.4 Å². The Kier molecular flexibility index (Phi) is 6.58. The van der Waals surface area contributed by atoms with E-state index in [0.29, 0.717) is 40.3 Å². The van der Waals surface area contributed by atoms with E-state index < -0.39 is 36.3 Å². The highest BCUT2D eigenvalue weighted by Crippen LogP contribution is 2.46. The van der Waals surface area contributed by atoms with Crippen LogP contribution < -0.4 is 15.4 Å². The second kappa shape index (κ2) is 9.82. The molecule has 2 aliphatic heterocycles. The molecule has 5 atom stereocenters. The van der Waals surface area contributed by atoms with Crippen molar-refractivity contribution in [1.82, 2.24) is 20.5 Å². The number of fused-ring (bicyclic) bond motifs is 2. The van der Waals surface area contributed by atoms with Crippen molar-refractivity contribution in [2.24, 2.45) is 17.8 Å². The lowest BCUT2D eigenvalue weighted by Crippen LogP contribution is -2.53. The van der Waals surface area contributed by atoms with Gasteiger partial charge in [0.25, 0.3) is 5.91 Å². The number of carbonyl (C=O) groups is 4. The third-order valence-corrected chi connectivity index (χ3v) is 9.38. The summed E-state index contributed by atoms with van der Waals surface area (Å²) in [5.74, 6) is -1.06. The molecular weight excluding hydrogens is 524 g/mol. The fourth-order valence-electron chi connectivity index (χ4n) is 7.03. The number of amides is 3. The Balaban J connectivity index is 1.24. The molecule has 2 aliphatic carbocycles. The molecule has 11 heteroatoms. The normalized spacial score (nSPS) is 27.5. The zero-order chi connectivity index (χ0) is 27.5. The molecule has 4 aliphatic rings. The van der Waals surface area contributed by atoms with Crippen molar-refractivity contribution in [3.63, 3.8) is 0 Å².